The maximum absolute atomic E-state index is 9.81. The number of fused-ring (bicyclic) bond motifs is 3. The van der Waals surface area contributed by atoms with Gasteiger partial charge in [-0.05, 0) is 83.2 Å². The van der Waals surface area contributed by atoms with Crippen molar-refractivity contribution < 1.29 is 5.11 Å². The fourth-order valence-corrected chi connectivity index (χ4v) is 5.64. The second-order valence-corrected chi connectivity index (χ2v) is 9.19. The maximum atomic E-state index is 9.81. The van der Waals surface area contributed by atoms with Gasteiger partial charge in [-0.1, -0.05) is 91.9 Å². The van der Waals surface area contributed by atoms with Crippen LogP contribution >= 0.6 is 0 Å². The summed E-state index contributed by atoms with van der Waals surface area (Å²) in [6, 6.07) is 36.9. The summed E-state index contributed by atoms with van der Waals surface area (Å²) in [5.74, 6) is 0.561. The number of benzene rings is 7. The van der Waals surface area contributed by atoms with Crippen LogP contribution in [0.25, 0.3) is 53.9 Å². The standard InChI is InChI=1S/C32H22O/c1-19(21-11-12-23-17-26(33)14-13-22(23)15-21)25-16-24-7-4-9-28-27-8-2-5-20-6-3-10-29(31(20)27)30(18-25)32(24)28/h2-19,33H,1H3. The van der Waals surface area contributed by atoms with Gasteiger partial charge in [-0.25, -0.2) is 0 Å². The Labute approximate surface area is 191 Å². The summed E-state index contributed by atoms with van der Waals surface area (Å²) < 4.78 is 0. The molecule has 1 nitrogen and oxygen atoms in total. The largest absolute Gasteiger partial charge is 0.508 e. The highest BCUT2D eigenvalue weighted by atomic mass is 16.3. The molecule has 7 aromatic rings. The Kier molecular flexibility index (Phi) is 3.75. The normalized spacial score (nSPS) is 13.0. The molecule has 0 bridgehead atoms. The number of hydrogen-bond acceptors (Lipinski definition) is 1. The van der Waals surface area contributed by atoms with Crippen LogP contribution in [0, 0.1) is 0 Å². The summed E-state index contributed by atoms with van der Waals surface area (Å²) in [6.07, 6.45) is 0. The van der Waals surface area contributed by atoms with E-state index in [-0.39, 0.29) is 5.92 Å². The minimum atomic E-state index is 0.254. The second-order valence-electron chi connectivity index (χ2n) is 9.19. The third kappa shape index (κ3) is 2.66. The van der Waals surface area contributed by atoms with Gasteiger partial charge in [0.15, 0.2) is 0 Å². The van der Waals surface area contributed by atoms with Crippen molar-refractivity contribution in [3.05, 3.63) is 114 Å². The summed E-state index contributed by atoms with van der Waals surface area (Å²) in [4.78, 5) is 0. The molecule has 0 fully saturated rings. The smallest absolute Gasteiger partial charge is 0.116 e. The van der Waals surface area contributed by atoms with Crippen molar-refractivity contribution >= 4 is 53.9 Å². The Bertz CT molecular complexity index is 1840. The average molecular weight is 423 g/mol. The lowest BCUT2D eigenvalue weighted by Gasteiger charge is -2.19. The van der Waals surface area contributed by atoms with E-state index in [1.807, 2.05) is 12.1 Å². The molecular formula is C32H22O. The Balaban J connectivity index is 1.52. The molecule has 0 aliphatic heterocycles. The van der Waals surface area contributed by atoms with E-state index in [0.29, 0.717) is 5.75 Å². The van der Waals surface area contributed by atoms with Gasteiger partial charge in [-0.15, -0.1) is 0 Å². The Hall–Kier alpha value is -4.10. The fourth-order valence-electron chi connectivity index (χ4n) is 5.64. The first-order chi connectivity index (χ1) is 16.2. The van der Waals surface area contributed by atoms with Crippen LogP contribution < -0.4 is 0 Å². The molecule has 0 saturated carbocycles. The minimum Gasteiger partial charge on any atom is -0.508 e. The van der Waals surface area contributed by atoms with Gasteiger partial charge in [0.05, 0.1) is 0 Å². The summed E-state index contributed by atoms with van der Waals surface area (Å²) >= 11 is 0. The lowest BCUT2D eigenvalue weighted by atomic mass is 9.85. The van der Waals surface area contributed by atoms with E-state index in [4.69, 9.17) is 0 Å². The molecule has 1 unspecified atom stereocenters. The van der Waals surface area contributed by atoms with Crippen LogP contribution in [-0.2, 0) is 0 Å². The Morgan fingerprint density at radius 1 is 0.485 bits per heavy atom. The van der Waals surface area contributed by atoms with E-state index < -0.39 is 0 Å². The monoisotopic (exact) mass is 422 g/mol. The molecule has 0 aliphatic carbocycles. The van der Waals surface area contributed by atoms with Crippen molar-refractivity contribution in [2.24, 2.45) is 0 Å². The highest BCUT2D eigenvalue weighted by Gasteiger charge is 2.16. The van der Waals surface area contributed by atoms with Crippen LogP contribution in [0.2, 0.25) is 0 Å². The predicted molar refractivity (Wildman–Crippen MR) is 141 cm³/mol. The summed E-state index contributed by atoms with van der Waals surface area (Å²) in [7, 11) is 0. The molecule has 7 rings (SSSR count). The molecular weight excluding hydrogens is 400 g/mol. The zero-order valence-electron chi connectivity index (χ0n) is 18.3. The molecule has 0 radical (unpaired) electrons. The highest BCUT2D eigenvalue weighted by molar-refractivity contribution is 6.32. The molecule has 0 heterocycles. The first-order valence-electron chi connectivity index (χ1n) is 11.5. The molecule has 7 aromatic carbocycles. The third-order valence-electron chi connectivity index (χ3n) is 7.33. The zero-order valence-corrected chi connectivity index (χ0v) is 18.3. The van der Waals surface area contributed by atoms with Crippen LogP contribution in [0.5, 0.6) is 5.75 Å². The van der Waals surface area contributed by atoms with Gasteiger partial charge < -0.3 is 5.11 Å². The first-order valence-corrected chi connectivity index (χ1v) is 11.5. The topological polar surface area (TPSA) is 20.2 Å². The van der Waals surface area contributed by atoms with Crippen molar-refractivity contribution in [2.75, 3.05) is 0 Å². The second kappa shape index (κ2) is 6.70. The molecule has 0 saturated heterocycles. The van der Waals surface area contributed by atoms with Crippen LogP contribution in [0.15, 0.2) is 103 Å². The number of rotatable bonds is 2. The Morgan fingerprint density at radius 3 is 1.82 bits per heavy atom. The van der Waals surface area contributed by atoms with E-state index in [9.17, 15) is 5.11 Å². The Morgan fingerprint density at radius 2 is 1.06 bits per heavy atom. The van der Waals surface area contributed by atoms with Crippen LogP contribution in [0.1, 0.15) is 24.0 Å². The number of phenolic OH excluding ortho intramolecular Hbond substituents is 1. The van der Waals surface area contributed by atoms with Crippen molar-refractivity contribution in [1.82, 2.24) is 0 Å². The summed E-state index contributed by atoms with van der Waals surface area (Å²) in [5.41, 5.74) is 2.61. The quantitative estimate of drug-likeness (QED) is 0.218. The van der Waals surface area contributed by atoms with E-state index >= 15 is 0 Å². The molecule has 1 atom stereocenters. The number of aromatic hydroxyl groups is 1. The highest BCUT2D eigenvalue weighted by Crippen LogP contribution is 2.42. The van der Waals surface area contributed by atoms with Gasteiger partial charge in [0.1, 0.15) is 5.75 Å². The van der Waals surface area contributed by atoms with E-state index in [0.717, 1.165) is 10.8 Å². The molecule has 0 spiro atoms. The third-order valence-corrected chi connectivity index (χ3v) is 7.33. The lowest BCUT2D eigenvalue weighted by molar-refractivity contribution is 0.476. The molecule has 0 aromatic heterocycles. The maximum Gasteiger partial charge on any atom is 0.116 e. The summed E-state index contributed by atoms with van der Waals surface area (Å²) in [5, 5.41) is 22.6. The van der Waals surface area contributed by atoms with Crippen molar-refractivity contribution in [3.8, 4) is 5.75 Å². The molecule has 33 heavy (non-hydrogen) atoms. The van der Waals surface area contributed by atoms with Crippen molar-refractivity contribution in [3.63, 3.8) is 0 Å². The predicted octanol–water partition coefficient (Wildman–Crippen LogP) is 8.75. The molecule has 1 heteroatoms. The average Bonchev–Trinajstić information content (AvgIpc) is 2.86. The fraction of sp³-hybridized carbons (Fsp3) is 0.0625. The van der Waals surface area contributed by atoms with E-state index in [2.05, 4.69) is 91.9 Å². The summed E-state index contributed by atoms with van der Waals surface area (Å²) in [6.45, 7) is 2.29. The van der Waals surface area contributed by atoms with Gasteiger partial charge in [-0.3, -0.25) is 0 Å². The van der Waals surface area contributed by atoms with Gasteiger partial charge in [-0.2, -0.15) is 0 Å². The van der Waals surface area contributed by atoms with E-state index in [1.54, 1.807) is 6.07 Å². The van der Waals surface area contributed by atoms with Gasteiger partial charge in [0, 0.05) is 5.92 Å². The van der Waals surface area contributed by atoms with Gasteiger partial charge in [0.25, 0.3) is 0 Å². The van der Waals surface area contributed by atoms with Gasteiger partial charge >= 0.3 is 0 Å². The molecule has 156 valence electrons. The van der Waals surface area contributed by atoms with Crippen molar-refractivity contribution in [2.45, 2.75) is 12.8 Å². The molecule has 1 N–H and O–H groups in total. The van der Waals surface area contributed by atoms with Crippen LogP contribution in [-0.4, -0.2) is 5.11 Å². The number of hydrogen-bond donors (Lipinski definition) is 1. The number of phenols is 1. The molecule has 0 aliphatic rings. The zero-order chi connectivity index (χ0) is 22.1. The first kappa shape index (κ1) is 18.5. The molecule has 0 amide bonds. The van der Waals surface area contributed by atoms with Gasteiger partial charge in [0.2, 0.25) is 0 Å². The minimum absolute atomic E-state index is 0.254. The lowest BCUT2D eigenvalue weighted by Crippen LogP contribution is -1.97. The van der Waals surface area contributed by atoms with Crippen molar-refractivity contribution in [1.29, 1.82) is 0 Å². The SMILES string of the molecule is CC(c1ccc2cc(O)ccc2c1)c1cc2cccc3c4cccc5cccc(c(c1)c23)c54. The van der Waals surface area contributed by atoms with E-state index in [1.165, 1.54) is 54.2 Å². The van der Waals surface area contributed by atoms with Crippen LogP contribution in [0.4, 0.5) is 0 Å². The van der Waals surface area contributed by atoms with Crippen LogP contribution in [0.3, 0.4) is 0 Å².